The Labute approximate surface area is 311 Å². The van der Waals surface area contributed by atoms with Gasteiger partial charge in [0.25, 0.3) is 0 Å². The van der Waals surface area contributed by atoms with E-state index in [2.05, 4.69) is 149 Å². The van der Waals surface area contributed by atoms with Crippen molar-refractivity contribution in [2.75, 3.05) is 0 Å². The maximum Gasteiger partial charge on any atom is 0.120 e. The summed E-state index contributed by atoms with van der Waals surface area (Å²) in [4.78, 5) is 9.24. The Kier molecular flexibility index (Phi) is 11.2. The van der Waals surface area contributed by atoms with Crippen molar-refractivity contribution in [1.82, 2.24) is 9.97 Å². The number of hydrogen-bond acceptors (Lipinski definition) is 3. The molecule has 0 aliphatic rings. The maximum atomic E-state index is 5.89. The van der Waals surface area contributed by atoms with E-state index in [1.54, 1.807) is 0 Å². The molecule has 0 aliphatic carbocycles. The van der Waals surface area contributed by atoms with Crippen LogP contribution in [0.1, 0.15) is 22.3 Å². The van der Waals surface area contributed by atoms with Crippen LogP contribution in [-0.4, -0.2) is 23.2 Å². The van der Waals surface area contributed by atoms with Gasteiger partial charge >= 0.3 is 142 Å². The molecule has 0 saturated carbocycles. The summed E-state index contributed by atoms with van der Waals surface area (Å²) in [5.41, 5.74) is 10.9. The van der Waals surface area contributed by atoms with Gasteiger partial charge in [-0.3, -0.25) is 0 Å². The predicted molar refractivity (Wildman–Crippen MR) is 206 cm³/mol. The second kappa shape index (κ2) is 15.9. The summed E-state index contributed by atoms with van der Waals surface area (Å²) in [6.07, 6.45) is 5.78. The first-order valence-electron chi connectivity index (χ1n) is 16.7. The van der Waals surface area contributed by atoms with E-state index < -0.39 is 13.3 Å². The average molecular weight is 888 g/mol. The topological polar surface area (TPSA) is 38.9 Å². The standard InChI is InChI=1S/C24H16NO.C21H22GeN.Ir/c1-2-6-17(7-3-1)14-18-12-13-25-22(15-18)19-10-11-24-21(16-19)20-8-4-5-9-23(20)26-24;1-22(2,3)20-12-13-21(23-16-20)19-11-7-10-18(15-19)14-17-8-5-4-6-9-17;/h1-9,11-13,15-16H,14H2;4-10,12-13,15-16H,14H2,1-3H3;/q2*-1;. The van der Waals surface area contributed by atoms with Gasteiger partial charge < -0.3 is 9.40 Å². The number of benzene rings is 5. The summed E-state index contributed by atoms with van der Waals surface area (Å²) in [6, 6.07) is 54.8. The van der Waals surface area contributed by atoms with Crippen molar-refractivity contribution in [2.45, 2.75) is 30.1 Å². The van der Waals surface area contributed by atoms with E-state index in [4.69, 9.17) is 4.42 Å². The normalized spacial score (nSPS) is 11.1. The first-order valence-corrected chi connectivity index (χ1v) is 24.1. The van der Waals surface area contributed by atoms with Crippen LogP contribution in [0.4, 0.5) is 0 Å². The number of hydrogen-bond donors (Lipinski definition) is 0. The fraction of sp³-hybridized carbons (Fsp3) is 0.111. The Balaban J connectivity index is 0.000000171. The van der Waals surface area contributed by atoms with Crippen molar-refractivity contribution < 1.29 is 24.5 Å². The summed E-state index contributed by atoms with van der Waals surface area (Å²) in [5.74, 6) is 7.18. The fourth-order valence-electron chi connectivity index (χ4n) is 5.98. The van der Waals surface area contributed by atoms with Crippen molar-refractivity contribution in [1.29, 1.82) is 0 Å². The molecule has 3 nitrogen and oxygen atoms in total. The number of nitrogens with zero attached hydrogens (tertiary/aromatic N) is 2. The summed E-state index contributed by atoms with van der Waals surface area (Å²) < 4.78 is 7.33. The van der Waals surface area contributed by atoms with Crippen LogP contribution in [0.2, 0.25) is 17.3 Å². The molecule has 0 unspecified atom stereocenters. The van der Waals surface area contributed by atoms with Gasteiger partial charge in [-0.1, -0.05) is 60.0 Å². The minimum absolute atomic E-state index is 0. The molecular formula is C45H38GeIrN2O-2. The maximum absolute atomic E-state index is 5.89. The molecule has 5 aromatic carbocycles. The Bertz CT molecular complexity index is 2310. The summed E-state index contributed by atoms with van der Waals surface area (Å²) >= 11 is -1.79. The molecule has 8 rings (SSSR count). The first kappa shape index (κ1) is 35.2. The second-order valence-electron chi connectivity index (χ2n) is 13.4. The molecule has 0 bridgehead atoms. The number of pyridine rings is 2. The number of para-hydroxylation sites is 1. The van der Waals surface area contributed by atoms with Gasteiger partial charge in [0.2, 0.25) is 0 Å². The van der Waals surface area contributed by atoms with Gasteiger partial charge in [-0.15, -0.1) is 23.8 Å². The minimum Gasteiger partial charge on any atom is -0.500 e. The molecule has 3 heterocycles. The van der Waals surface area contributed by atoms with Crippen LogP contribution in [0.15, 0.2) is 156 Å². The van der Waals surface area contributed by atoms with Gasteiger partial charge in [0.1, 0.15) is 5.58 Å². The van der Waals surface area contributed by atoms with Crippen LogP contribution >= 0.6 is 0 Å². The molecule has 0 spiro atoms. The summed E-state index contributed by atoms with van der Waals surface area (Å²) in [7, 11) is 0. The quantitative estimate of drug-likeness (QED) is 0.118. The van der Waals surface area contributed by atoms with Crippen molar-refractivity contribution in [3.63, 3.8) is 0 Å². The van der Waals surface area contributed by atoms with Gasteiger partial charge in [0.05, 0.1) is 5.58 Å². The van der Waals surface area contributed by atoms with E-state index >= 15 is 0 Å². The van der Waals surface area contributed by atoms with Gasteiger partial charge in [-0.25, -0.2) is 0 Å². The monoisotopic (exact) mass is 889 g/mol. The van der Waals surface area contributed by atoms with E-state index in [1.165, 1.54) is 26.6 Å². The third-order valence-electron chi connectivity index (χ3n) is 8.68. The Morgan fingerprint density at radius 3 is 1.90 bits per heavy atom. The van der Waals surface area contributed by atoms with Crippen molar-refractivity contribution in [3.8, 4) is 22.5 Å². The van der Waals surface area contributed by atoms with Crippen molar-refractivity contribution >= 4 is 39.6 Å². The fourth-order valence-corrected chi connectivity index (χ4v) is 8.15. The van der Waals surface area contributed by atoms with E-state index in [1.807, 2.05) is 42.6 Å². The second-order valence-corrected chi connectivity index (χ2v) is 24.0. The Hall–Kier alpha value is -4.61. The third-order valence-corrected chi connectivity index (χ3v) is 12.9. The summed E-state index contributed by atoms with van der Waals surface area (Å²) in [5, 5.41) is 2.22. The molecule has 1 radical (unpaired) electrons. The third kappa shape index (κ3) is 8.57. The predicted octanol–water partition coefficient (Wildman–Crippen LogP) is 10.7. The minimum atomic E-state index is -1.79. The average Bonchev–Trinajstić information content (AvgIpc) is 3.51. The van der Waals surface area contributed by atoms with Crippen LogP contribution in [0.5, 0.6) is 0 Å². The molecule has 0 amide bonds. The molecule has 0 atom stereocenters. The zero-order chi connectivity index (χ0) is 33.6. The Morgan fingerprint density at radius 1 is 0.560 bits per heavy atom. The smallest absolute Gasteiger partial charge is 0.120 e. The molecule has 5 heteroatoms. The van der Waals surface area contributed by atoms with E-state index in [9.17, 15) is 0 Å². The van der Waals surface area contributed by atoms with Crippen molar-refractivity contribution in [2.24, 2.45) is 0 Å². The number of rotatable bonds is 7. The summed E-state index contributed by atoms with van der Waals surface area (Å²) in [6.45, 7) is 0. The molecule has 0 N–H and O–H groups in total. The van der Waals surface area contributed by atoms with Crippen molar-refractivity contribution in [3.05, 3.63) is 186 Å². The van der Waals surface area contributed by atoms with Gasteiger partial charge in [-0.2, -0.15) is 0 Å². The van der Waals surface area contributed by atoms with Crippen LogP contribution in [0, 0.1) is 12.1 Å². The molecule has 3 aromatic heterocycles. The molecular weight excluding hydrogens is 849 g/mol. The largest absolute Gasteiger partial charge is 0.500 e. The van der Waals surface area contributed by atoms with Gasteiger partial charge in [0.15, 0.2) is 0 Å². The Morgan fingerprint density at radius 2 is 1.22 bits per heavy atom. The zero-order valence-corrected chi connectivity index (χ0v) is 33.0. The van der Waals surface area contributed by atoms with E-state index in [-0.39, 0.29) is 20.1 Å². The van der Waals surface area contributed by atoms with Crippen LogP contribution in [0.3, 0.4) is 0 Å². The number of fused-ring (bicyclic) bond motifs is 3. The van der Waals surface area contributed by atoms with Crippen LogP contribution in [0.25, 0.3) is 44.5 Å². The first-order chi connectivity index (χ1) is 23.9. The zero-order valence-electron chi connectivity index (χ0n) is 28.5. The molecule has 249 valence electrons. The molecule has 0 saturated heterocycles. The van der Waals surface area contributed by atoms with Gasteiger partial charge in [0, 0.05) is 31.7 Å². The van der Waals surface area contributed by atoms with E-state index in [0.29, 0.717) is 0 Å². The van der Waals surface area contributed by atoms with Crippen LogP contribution in [-0.2, 0) is 32.9 Å². The molecule has 50 heavy (non-hydrogen) atoms. The SMILES string of the molecule is [CH3][Ge]([CH3])([CH3])[c]1ccc(-c2[c-]ccc(Cc3ccccc3)c2)nc1.[Ir].[c-]1cc2oc3ccccc3c2cc1-c1cc(Cc2ccccc2)ccn1. The number of furan rings is 1. The van der Waals surface area contributed by atoms with Crippen LogP contribution < -0.4 is 4.40 Å². The van der Waals surface area contributed by atoms with E-state index in [0.717, 1.165) is 57.3 Å². The molecule has 0 aliphatic heterocycles. The molecule has 0 fully saturated rings. The number of aromatic nitrogens is 2. The molecule has 8 aromatic rings. The van der Waals surface area contributed by atoms with Gasteiger partial charge in [-0.05, 0) is 35.4 Å².